The highest BCUT2D eigenvalue weighted by molar-refractivity contribution is 5.54. The molecule has 156 valence electrons. The third-order valence-electron chi connectivity index (χ3n) is 5.47. The molecule has 1 aliphatic heterocycles. The molecule has 0 radical (unpaired) electrons. The Kier molecular flexibility index (Phi) is 4.63. The number of pyridine rings is 1. The van der Waals surface area contributed by atoms with Gasteiger partial charge in [-0.25, -0.2) is 9.97 Å². The average Bonchev–Trinajstić information content (AvgIpc) is 3.50. The highest BCUT2D eigenvalue weighted by atomic mass is 19.4. The number of aromatic nitrogens is 5. The molecule has 2 fully saturated rings. The van der Waals surface area contributed by atoms with Gasteiger partial charge in [-0.3, -0.25) is 4.98 Å². The van der Waals surface area contributed by atoms with Gasteiger partial charge in [0.2, 0.25) is 5.89 Å². The van der Waals surface area contributed by atoms with Gasteiger partial charge in [-0.05, 0) is 37.8 Å². The van der Waals surface area contributed by atoms with Crippen molar-refractivity contribution < 1.29 is 17.7 Å². The van der Waals surface area contributed by atoms with Crippen molar-refractivity contribution in [1.82, 2.24) is 25.1 Å². The highest BCUT2D eigenvalue weighted by Crippen LogP contribution is 2.40. The van der Waals surface area contributed by atoms with Gasteiger partial charge in [-0.1, -0.05) is 11.2 Å². The van der Waals surface area contributed by atoms with Crippen LogP contribution in [0.25, 0.3) is 11.5 Å². The van der Waals surface area contributed by atoms with Crippen molar-refractivity contribution in [1.29, 1.82) is 0 Å². The summed E-state index contributed by atoms with van der Waals surface area (Å²) in [5.41, 5.74) is -0.665. The number of anilines is 1. The van der Waals surface area contributed by atoms with Crippen molar-refractivity contribution in [3.63, 3.8) is 0 Å². The van der Waals surface area contributed by atoms with Gasteiger partial charge in [-0.15, -0.1) is 0 Å². The number of hydrogen-bond acceptors (Lipinski definition) is 7. The molecule has 4 heterocycles. The first-order valence-corrected chi connectivity index (χ1v) is 9.93. The maximum atomic E-state index is 13.4. The normalized spacial score (nSPS) is 18.0. The Labute approximate surface area is 170 Å². The lowest BCUT2D eigenvalue weighted by atomic mass is 9.96. The molecule has 0 atom stereocenters. The molecule has 3 aromatic heterocycles. The van der Waals surface area contributed by atoms with Crippen molar-refractivity contribution >= 4 is 5.82 Å². The van der Waals surface area contributed by atoms with E-state index in [9.17, 15) is 13.2 Å². The Morgan fingerprint density at radius 3 is 2.43 bits per heavy atom. The number of piperidine rings is 1. The standard InChI is InChI=1S/C20H19F3N6O/c21-20(22,23)15-11-16(26-18(25-15)14-3-1-2-8-24-14)29-9-6-12(7-10-29)17-27-19(30-28-17)13-4-5-13/h1-3,8,11-13H,4-7,9-10H2. The predicted molar refractivity (Wildman–Crippen MR) is 101 cm³/mol. The fraction of sp³-hybridized carbons (Fsp3) is 0.450. The van der Waals surface area contributed by atoms with Crippen LogP contribution in [0, 0.1) is 0 Å². The van der Waals surface area contributed by atoms with Crippen LogP contribution in [0.1, 0.15) is 54.9 Å². The molecule has 1 saturated carbocycles. The molecule has 2 aliphatic rings. The molecule has 0 N–H and O–H groups in total. The first-order chi connectivity index (χ1) is 14.5. The van der Waals surface area contributed by atoms with Crippen LogP contribution in [0.2, 0.25) is 0 Å². The van der Waals surface area contributed by atoms with Crippen molar-refractivity contribution in [3.05, 3.63) is 47.9 Å². The zero-order chi connectivity index (χ0) is 20.7. The van der Waals surface area contributed by atoms with E-state index in [2.05, 4.69) is 25.1 Å². The third-order valence-corrected chi connectivity index (χ3v) is 5.47. The molecule has 0 unspecified atom stereocenters. The largest absolute Gasteiger partial charge is 0.433 e. The molecule has 0 spiro atoms. The maximum Gasteiger partial charge on any atom is 0.433 e. The third kappa shape index (κ3) is 3.86. The van der Waals surface area contributed by atoms with Crippen molar-refractivity contribution in [3.8, 4) is 11.5 Å². The summed E-state index contributed by atoms with van der Waals surface area (Å²) < 4.78 is 45.6. The number of halogens is 3. The van der Waals surface area contributed by atoms with E-state index < -0.39 is 11.9 Å². The smallest absolute Gasteiger partial charge is 0.356 e. The second kappa shape index (κ2) is 7.33. The monoisotopic (exact) mass is 416 g/mol. The van der Waals surface area contributed by atoms with E-state index in [0.717, 1.165) is 18.9 Å². The van der Waals surface area contributed by atoms with Gasteiger partial charge in [0, 0.05) is 37.2 Å². The summed E-state index contributed by atoms with van der Waals surface area (Å²) in [7, 11) is 0. The van der Waals surface area contributed by atoms with Crippen LogP contribution in [-0.2, 0) is 6.18 Å². The van der Waals surface area contributed by atoms with E-state index in [4.69, 9.17) is 4.52 Å². The number of hydrogen-bond donors (Lipinski definition) is 0. The van der Waals surface area contributed by atoms with Gasteiger partial charge >= 0.3 is 6.18 Å². The summed E-state index contributed by atoms with van der Waals surface area (Å²) >= 11 is 0. The second-order valence-corrected chi connectivity index (χ2v) is 7.67. The minimum absolute atomic E-state index is 0.0326. The molecule has 30 heavy (non-hydrogen) atoms. The number of nitrogens with zero attached hydrogens (tertiary/aromatic N) is 6. The quantitative estimate of drug-likeness (QED) is 0.630. The summed E-state index contributed by atoms with van der Waals surface area (Å²) in [6.45, 7) is 1.10. The lowest BCUT2D eigenvalue weighted by Gasteiger charge is -2.31. The van der Waals surface area contributed by atoms with Gasteiger partial charge in [0.25, 0.3) is 0 Å². The Bertz CT molecular complexity index is 1030. The number of rotatable bonds is 4. The second-order valence-electron chi connectivity index (χ2n) is 7.67. The van der Waals surface area contributed by atoms with Crippen LogP contribution in [0.5, 0.6) is 0 Å². The molecule has 10 heteroatoms. The predicted octanol–water partition coefficient (Wildman–Crippen LogP) is 4.20. The van der Waals surface area contributed by atoms with E-state index in [1.165, 1.54) is 6.20 Å². The summed E-state index contributed by atoms with van der Waals surface area (Å²) in [6, 6.07) is 5.98. The Balaban J connectivity index is 1.37. The summed E-state index contributed by atoms with van der Waals surface area (Å²) in [5.74, 6) is 2.16. The zero-order valence-electron chi connectivity index (χ0n) is 16.0. The maximum absolute atomic E-state index is 13.4. The molecule has 1 saturated heterocycles. The van der Waals surface area contributed by atoms with Crippen LogP contribution in [0.3, 0.4) is 0 Å². The van der Waals surface area contributed by atoms with Crippen molar-refractivity contribution in [2.24, 2.45) is 0 Å². The van der Waals surface area contributed by atoms with Crippen LogP contribution >= 0.6 is 0 Å². The van der Waals surface area contributed by atoms with E-state index in [0.29, 0.717) is 49.3 Å². The van der Waals surface area contributed by atoms with E-state index in [1.807, 2.05) is 4.90 Å². The van der Waals surface area contributed by atoms with Gasteiger partial charge in [-0.2, -0.15) is 18.2 Å². The molecule has 1 aliphatic carbocycles. The summed E-state index contributed by atoms with van der Waals surface area (Å²) in [5, 5.41) is 4.11. The Morgan fingerprint density at radius 1 is 0.967 bits per heavy atom. The minimum atomic E-state index is -4.57. The van der Waals surface area contributed by atoms with Gasteiger partial charge in [0.05, 0.1) is 0 Å². The molecular weight excluding hydrogens is 397 g/mol. The minimum Gasteiger partial charge on any atom is -0.356 e. The highest BCUT2D eigenvalue weighted by Gasteiger charge is 2.35. The van der Waals surface area contributed by atoms with Gasteiger partial charge in [0.15, 0.2) is 17.3 Å². The molecule has 5 rings (SSSR count). The zero-order valence-corrected chi connectivity index (χ0v) is 16.0. The molecular formula is C20H19F3N6O. The van der Waals surface area contributed by atoms with Gasteiger partial charge in [0.1, 0.15) is 11.5 Å². The molecule has 0 bridgehead atoms. The van der Waals surface area contributed by atoms with Crippen LogP contribution in [0.15, 0.2) is 35.0 Å². The molecule has 0 amide bonds. The lowest BCUT2D eigenvalue weighted by Crippen LogP contribution is -2.34. The van der Waals surface area contributed by atoms with Crippen molar-refractivity contribution in [2.45, 2.75) is 43.7 Å². The SMILES string of the molecule is FC(F)(F)c1cc(N2CCC(c3noc(C4CC4)n3)CC2)nc(-c2ccccn2)n1. The van der Waals surface area contributed by atoms with E-state index >= 15 is 0 Å². The van der Waals surface area contributed by atoms with Gasteiger partial charge < -0.3 is 9.42 Å². The number of alkyl halides is 3. The fourth-order valence-corrected chi connectivity index (χ4v) is 3.63. The Morgan fingerprint density at radius 2 is 1.77 bits per heavy atom. The van der Waals surface area contributed by atoms with E-state index in [-0.39, 0.29) is 17.6 Å². The molecule has 7 nitrogen and oxygen atoms in total. The van der Waals surface area contributed by atoms with E-state index in [1.54, 1.807) is 18.2 Å². The van der Waals surface area contributed by atoms with Crippen LogP contribution in [0.4, 0.5) is 19.0 Å². The fourth-order valence-electron chi connectivity index (χ4n) is 3.63. The first-order valence-electron chi connectivity index (χ1n) is 9.93. The Hall–Kier alpha value is -3.04. The topological polar surface area (TPSA) is 80.8 Å². The van der Waals surface area contributed by atoms with Crippen molar-refractivity contribution in [2.75, 3.05) is 18.0 Å². The summed E-state index contributed by atoms with van der Waals surface area (Å²) in [6.07, 6.45) is 0.554. The van der Waals surface area contributed by atoms with Crippen LogP contribution < -0.4 is 4.90 Å². The molecule has 3 aromatic rings. The average molecular weight is 416 g/mol. The molecule has 0 aromatic carbocycles. The first kappa shape index (κ1) is 19.0. The van der Waals surface area contributed by atoms with Crippen LogP contribution in [-0.4, -0.2) is 38.2 Å². The lowest BCUT2D eigenvalue weighted by molar-refractivity contribution is -0.141. The summed E-state index contributed by atoms with van der Waals surface area (Å²) in [4.78, 5) is 18.5.